The van der Waals surface area contributed by atoms with Gasteiger partial charge in [0.15, 0.2) is 0 Å². The third-order valence-electron chi connectivity index (χ3n) is 4.85. The molecule has 0 atom stereocenters. The standard InChI is InChI=1S/C26H30N4O4.2ClH/c27-25(28)21-4-8-23(9-5-21)33-14-12-31-17-19-2-1-3-20(16-19)18-32-13-15-34-24-10-6-22(7-11-24)26(29)30;;/h1-11,16H,12-15,17-18H2,(H3,27,28)(H3,29,30);2*1H. The van der Waals surface area contributed by atoms with Gasteiger partial charge in [-0.2, -0.15) is 0 Å². The molecule has 0 heterocycles. The lowest BCUT2D eigenvalue weighted by molar-refractivity contribution is 0.0859. The number of hydrogen-bond donors (Lipinski definition) is 4. The molecule has 6 N–H and O–H groups in total. The fourth-order valence-corrected chi connectivity index (χ4v) is 3.09. The van der Waals surface area contributed by atoms with Crippen LogP contribution in [0, 0.1) is 10.8 Å². The highest BCUT2D eigenvalue weighted by atomic mass is 35.5. The summed E-state index contributed by atoms with van der Waals surface area (Å²) in [6.07, 6.45) is 0. The zero-order chi connectivity index (χ0) is 24.2. The van der Waals surface area contributed by atoms with Crippen molar-refractivity contribution in [1.82, 2.24) is 0 Å². The van der Waals surface area contributed by atoms with Crippen molar-refractivity contribution in [3.05, 3.63) is 95.1 Å². The molecular formula is C26H32Cl2N4O4. The molecule has 0 radical (unpaired) electrons. The maximum atomic E-state index is 7.40. The van der Waals surface area contributed by atoms with Crippen LogP contribution in [0.15, 0.2) is 72.8 Å². The summed E-state index contributed by atoms with van der Waals surface area (Å²) in [6, 6.07) is 22.2. The Hall–Kier alpha value is -3.30. The first-order chi connectivity index (χ1) is 16.5. The van der Waals surface area contributed by atoms with Gasteiger partial charge in [-0.1, -0.05) is 24.3 Å². The molecule has 0 fully saturated rings. The van der Waals surface area contributed by atoms with Crippen LogP contribution >= 0.6 is 24.8 Å². The average Bonchev–Trinajstić information content (AvgIpc) is 2.84. The Balaban J connectivity index is 0.00000324. The van der Waals surface area contributed by atoms with Gasteiger partial charge in [-0.3, -0.25) is 10.8 Å². The summed E-state index contributed by atoms with van der Waals surface area (Å²) in [6.45, 7) is 2.75. The minimum absolute atomic E-state index is 0. The fourth-order valence-electron chi connectivity index (χ4n) is 3.09. The summed E-state index contributed by atoms with van der Waals surface area (Å²) in [5.41, 5.74) is 14.3. The number of nitrogen functional groups attached to an aromatic ring is 2. The van der Waals surface area contributed by atoms with Crippen LogP contribution in [0.1, 0.15) is 22.3 Å². The lowest BCUT2D eigenvalue weighted by atomic mass is 10.1. The quantitative estimate of drug-likeness (QED) is 0.138. The molecule has 194 valence electrons. The lowest BCUT2D eigenvalue weighted by Crippen LogP contribution is -2.11. The molecule has 0 bridgehead atoms. The SMILES string of the molecule is Cl.Cl.N=C(N)c1ccc(OCCOCc2cccc(COCCOc3ccc(C(=N)N)cc3)c2)cc1. The van der Waals surface area contributed by atoms with Crippen LogP contribution in [-0.2, 0) is 22.7 Å². The first kappa shape index (κ1) is 30.7. The van der Waals surface area contributed by atoms with E-state index in [1.54, 1.807) is 48.5 Å². The predicted molar refractivity (Wildman–Crippen MR) is 146 cm³/mol. The normalized spacial score (nSPS) is 10.0. The first-order valence-corrected chi connectivity index (χ1v) is 10.9. The highest BCUT2D eigenvalue weighted by molar-refractivity contribution is 5.95. The summed E-state index contributed by atoms with van der Waals surface area (Å²) in [4.78, 5) is 0. The first-order valence-electron chi connectivity index (χ1n) is 10.9. The van der Waals surface area contributed by atoms with Crippen molar-refractivity contribution in [2.45, 2.75) is 13.2 Å². The molecular weight excluding hydrogens is 503 g/mol. The Morgan fingerprint density at radius 1 is 0.583 bits per heavy atom. The summed E-state index contributed by atoms with van der Waals surface area (Å²) in [5, 5.41) is 14.8. The molecule has 0 aliphatic carbocycles. The Morgan fingerprint density at radius 3 is 1.33 bits per heavy atom. The minimum Gasteiger partial charge on any atom is -0.491 e. The van der Waals surface area contributed by atoms with Crippen LogP contribution in [0.4, 0.5) is 0 Å². The second-order valence-electron chi connectivity index (χ2n) is 7.50. The van der Waals surface area contributed by atoms with E-state index >= 15 is 0 Å². The van der Waals surface area contributed by atoms with Gasteiger partial charge in [0.05, 0.1) is 26.4 Å². The van der Waals surface area contributed by atoms with E-state index in [9.17, 15) is 0 Å². The molecule has 3 rings (SSSR count). The predicted octanol–water partition coefficient (Wildman–Crippen LogP) is 4.29. The number of benzene rings is 3. The van der Waals surface area contributed by atoms with Crippen LogP contribution in [0.25, 0.3) is 0 Å². The average molecular weight is 535 g/mol. The molecule has 0 saturated carbocycles. The highest BCUT2D eigenvalue weighted by Gasteiger charge is 2.01. The summed E-state index contributed by atoms with van der Waals surface area (Å²) < 4.78 is 22.7. The van der Waals surface area contributed by atoms with Crippen LogP contribution in [0.2, 0.25) is 0 Å². The number of rotatable bonds is 14. The molecule has 0 aliphatic heterocycles. The number of nitrogens with two attached hydrogens (primary N) is 2. The molecule has 0 spiro atoms. The van der Waals surface area contributed by atoms with Crippen molar-refractivity contribution >= 4 is 36.5 Å². The van der Waals surface area contributed by atoms with E-state index in [2.05, 4.69) is 6.07 Å². The van der Waals surface area contributed by atoms with Crippen molar-refractivity contribution < 1.29 is 18.9 Å². The highest BCUT2D eigenvalue weighted by Crippen LogP contribution is 2.13. The van der Waals surface area contributed by atoms with E-state index in [0.29, 0.717) is 62.3 Å². The van der Waals surface area contributed by atoms with Gasteiger partial charge in [-0.05, 0) is 59.7 Å². The van der Waals surface area contributed by atoms with Gasteiger partial charge in [-0.15, -0.1) is 24.8 Å². The number of nitrogens with one attached hydrogen (secondary N) is 2. The topological polar surface area (TPSA) is 137 Å². The maximum absolute atomic E-state index is 7.40. The third kappa shape index (κ3) is 10.5. The van der Waals surface area contributed by atoms with E-state index in [-0.39, 0.29) is 36.5 Å². The molecule has 0 aliphatic rings. The van der Waals surface area contributed by atoms with Gasteiger partial charge < -0.3 is 30.4 Å². The molecule has 0 aromatic heterocycles. The monoisotopic (exact) mass is 534 g/mol. The second kappa shape index (κ2) is 16.4. The van der Waals surface area contributed by atoms with Crippen molar-refractivity contribution in [2.75, 3.05) is 26.4 Å². The molecule has 8 nitrogen and oxygen atoms in total. The Kier molecular flexibility index (Phi) is 14.0. The zero-order valence-electron chi connectivity index (χ0n) is 19.8. The number of hydrogen-bond acceptors (Lipinski definition) is 6. The van der Waals surface area contributed by atoms with Gasteiger partial charge >= 0.3 is 0 Å². The van der Waals surface area contributed by atoms with Gasteiger partial charge in [0.25, 0.3) is 0 Å². The van der Waals surface area contributed by atoms with E-state index in [1.165, 1.54) is 0 Å². The van der Waals surface area contributed by atoms with Crippen LogP contribution in [0.3, 0.4) is 0 Å². The second-order valence-corrected chi connectivity index (χ2v) is 7.50. The third-order valence-corrected chi connectivity index (χ3v) is 4.85. The number of ether oxygens (including phenoxy) is 4. The summed E-state index contributed by atoms with van der Waals surface area (Å²) in [7, 11) is 0. The Morgan fingerprint density at radius 2 is 0.972 bits per heavy atom. The number of amidine groups is 2. The Labute approximate surface area is 223 Å². The summed E-state index contributed by atoms with van der Waals surface area (Å²) >= 11 is 0. The van der Waals surface area contributed by atoms with Crippen LogP contribution < -0.4 is 20.9 Å². The molecule has 3 aromatic rings. The van der Waals surface area contributed by atoms with Crippen molar-refractivity contribution in [3.8, 4) is 11.5 Å². The van der Waals surface area contributed by atoms with Gasteiger partial charge in [0, 0.05) is 11.1 Å². The molecule has 3 aromatic carbocycles. The van der Waals surface area contributed by atoms with Crippen LogP contribution in [-0.4, -0.2) is 38.1 Å². The lowest BCUT2D eigenvalue weighted by Gasteiger charge is -2.10. The van der Waals surface area contributed by atoms with Crippen molar-refractivity contribution in [2.24, 2.45) is 11.5 Å². The van der Waals surface area contributed by atoms with Gasteiger partial charge in [0.1, 0.15) is 36.4 Å². The smallest absolute Gasteiger partial charge is 0.122 e. The van der Waals surface area contributed by atoms with E-state index in [4.69, 9.17) is 41.2 Å². The van der Waals surface area contributed by atoms with Crippen LogP contribution in [0.5, 0.6) is 11.5 Å². The maximum Gasteiger partial charge on any atom is 0.122 e. The zero-order valence-corrected chi connectivity index (χ0v) is 21.4. The Bertz CT molecular complexity index is 997. The van der Waals surface area contributed by atoms with E-state index < -0.39 is 0 Å². The molecule has 0 amide bonds. The van der Waals surface area contributed by atoms with E-state index in [1.807, 2.05) is 18.2 Å². The van der Waals surface area contributed by atoms with Crippen molar-refractivity contribution in [3.63, 3.8) is 0 Å². The van der Waals surface area contributed by atoms with Gasteiger partial charge in [-0.25, -0.2) is 0 Å². The molecule has 10 heteroatoms. The van der Waals surface area contributed by atoms with Crippen molar-refractivity contribution in [1.29, 1.82) is 10.8 Å². The largest absolute Gasteiger partial charge is 0.491 e. The minimum atomic E-state index is 0. The fraction of sp³-hybridized carbons (Fsp3) is 0.231. The molecule has 0 unspecified atom stereocenters. The molecule has 36 heavy (non-hydrogen) atoms. The summed E-state index contributed by atoms with van der Waals surface area (Å²) in [5.74, 6) is 1.50. The van der Waals surface area contributed by atoms with Gasteiger partial charge in [0.2, 0.25) is 0 Å². The number of halogens is 2. The molecule has 0 saturated heterocycles. The van der Waals surface area contributed by atoms with E-state index in [0.717, 1.165) is 11.1 Å².